The topological polar surface area (TPSA) is 175 Å². The monoisotopic (exact) mass is 492 g/mol. The first-order valence-electron chi connectivity index (χ1n) is 10.7. The van der Waals surface area contributed by atoms with Gasteiger partial charge in [0.25, 0.3) is 0 Å². The molecule has 0 spiro atoms. The van der Waals surface area contributed by atoms with Gasteiger partial charge in [0, 0.05) is 12.7 Å². The molecule has 1 fully saturated rings. The summed E-state index contributed by atoms with van der Waals surface area (Å²) in [5.41, 5.74) is 1.21. The molecule has 0 saturated carbocycles. The van der Waals surface area contributed by atoms with Crippen molar-refractivity contribution in [2.75, 3.05) is 20.3 Å². The molecule has 190 valence electrons. The second kappa shape index (κ2) is 11.9. The van der Waals surface area contributed by atoms with E-state index >= 15 is 0 Å². The third-order valence-corrected chi connectivity index (χ3v) is 5.34. The van der Waals surface area contributed by atoms with Gasteiger partial charge >= 0.3 is 5.97 Å². The van der Waals surface area contributed by atoms with Gasteiger partial charge in [0.15, 0.2) is 23.0 Å². The molecule has 0 aromatic heterocycles. The summed E-state index contributed by atoms with van der Waals surface area (Å²) in [5.74, 6) is -0.925. The number of benzene rings is 2. The number of aliphatic hydroxyl groups excluding tert-OH is 4. The van der Waals surface area contributed by atoms with Gasteiger partial charge in [-0.1, -0.05) is 12.1 Å². The van der Waals surface area contributed by atoms with Gasteiger partial charge in [0.2, 0.25) is 6.29 Å². The number of phenols is 2. The molecule has 0 amide bonds. The van der Waals surface area contributed by atoms with E-state index in [9.17, 15) is 30.3 Å². The molecule has 35 heavy (non-hydrogen) atoms. The summed E-state index contributed by atoms with van der Waals surface area (Å²) in [6, 6.07) is 8.86. The molecule has 1 aliphatic heterocycles. The highest BCUT2D eigenvalue weighted by Gasteiger charge is 2.45. The van der Waals surface area contributed by atoms with Crippen LogP contribution in [0.25, 0.3) is 6.08 Å². The third kappa shape index (κ3) is 6.62. The Morgan fingerprint density at radius 2 is 1.77 bits per heavy atom. The zero-order chi connectivity index (χ0) is 25.5. The quantitative estimate of drug-likeness (QED) is 0.207. The van der Waals surface area contributed by atoms with E-state index in [0.717, 1.165) is 6.08 Å². The van der Waals surface area contributed by atoms with Gasteiger partial charge in [-0.3, -0.25) is 0 Å². The average Bonchev–Trinajstić information content (AvgIpc) is 2.84. The lowest BCUT2D eigenvalue weighted by atomic mass is 9.99. The maximum Gasteiger partial charge on any atom is 0.330 e. The normalized spacial score (nSPS) is 24.3. The minimum atomic E-state index is -1.67. The van der Waals surface area contributed by atoms with Crippen LogP contribution in [-0.4, -0.2) is 87.6 Å². The van der Waals surface area contributed by atoms with Crippen LogP contribution in [0.15, 0.2) is 42.5 Å². The fourth-order valence-corrected chi connectivity index (χ4v) is 3.40. The number of hydrogen-bond acceptors (Lipinski definition) is 11. The largest absolute Gasteiger partial charge is 0.504 e. The van der Waals surface area contributed by atoms with Crippen molar-refractivity contribution in [3.05, 3.63) is 53.6 Å². The summed E-state index contributed by atoms with van der Waals surface area (Å²) in [5, 5.41) is 59.4. The number of methoxy groups -OCH3 is 1. The van der Waals surface area contributed by atoms with Gasteiger partial charge < -0.3 is 49.6 Å². The predicted octanol–water partition coefficient (Wildman–Crippen LogP) is 0.0842. The maximum atomic E-state index is 12.1. The second-order valence-electron chi connectivity index (χ2n) is 7.80. The molecule has 0 radical (unpaired) electrons. The first-order chi connectivity index (χ1) is 16.7. The SMILES string of the molecule is COc1cc(C=CC(=O)OCC2OC(Oc3ccc(CCO)cc3O)C(O)C(O)C2O)ccc1O. The van der Waals surface area contributed by atoms with Gasteiger partial charge in [-0.15, -0.1) is 0 Å². The first-order valence-corrected chi connectivity index (χ1v) is 10.7. The number of ether oxygens (including phenoxy) is 4. The fraction of sp³-hybridized carbons (Fsp3) is 0.375. The Morgan fingerprint density at radius 1 is 1.00 bits per heavy atom. The lowest BCUT2D eigenvalue weighted by molar-refractivity contribution is -0.278. The number of carbonyl (C=O) groups is 1. The van der Waals surface area contributed by atoms with Crippen LogP contribution in [0.5, 0.6) is 23.0 Å². The van der Waals surface area contributed by atoms with Crippen LogP contribution >= 0.6 is 0 Å². The molecule has 5 unspecified atom stereocenters. The molecular weight excluding hydrogens is 464 g/mol. The minimum absolute atomic E-state index is 0.0531. The van der Waals surface area contributed by atoms with Crippen molar-refractivity contribution in [1.82, 2.24) is 0 Å². The summed E-state index contributed by atoms with van der Waals surface area (Å²) >= 11 is 0. The molecule has 5 atom stereocenters. The molecule has 11 nitrogen and oxygen atoms in total. The van der Waals surface area contributed by atoms with E-state index in [2.05, 4.69) is 0 Å². The van der Waals surface area contributed by atoms with Crippen LogP contribution in [0.4, 0.5) is 0 Å². The van der Waals surface area contributed by atoms with Crippen LogP contribution < -0.4 is 9.47 Å². The van der Waals surface area contributed by atoms with Crippen molar-refractivity contribution in [3.8, 4) is 23.0 Å². The fourth-order valence-electron chi connectivity index (χ4n) is 3.40. The zero-order valence-corrected chi connectivity index (χ0v) is 18.9. The summed E-state index contributed by atoms with van der Waals surface area (Å²) in [6.45, 7) is -0.568. The van der Waals surface area contributed by atoms with E-state index in [1.165, 1.54) is 37.5 Å². The Morgan fingerprint density at radius 3 is 2.46 bits per heavy atom. The molecule has 3 rings (SSSR count). The van der Waals surface area contributed by atoms with E-state index in [4.69, 9.17) is 24.1 Å². The smallest absolute Gasteiger partial charge is 0.330 e. The summed E-state index contributed by atoms with van der Waals surface area (Å²) < 4.78 is 21.1. The van der Waals surface area contributed by atoms with Crippen molar-refractivity contribution in [3.63, 3.8) is 0 Å². The van der Waals surface area contributed by atoms with E-state index in [1.54, 1.807) is 12.1 Å². The number of carbonyl (C=O) groups excluding carboxylic acids is 1. The van der Waals surface area contributed by atoms with Gasteiger partial charge in [-0.2, -0.15) is 0 Å². The van der Waals surface area contributed by atoms with Crippen LogP contribution in [0.2, 0.25) is 0 Å². The number of aromatic hydroxyl groups is 2. The zero-order valence-electron chi connectivity index (χ0n) is 18.9. The Balaban J connectivity index is 1.61. The van der Waals surface area contributed by atoms with E-state index in [1.807, 2.05) is 0 Å². The highest BCUT2D eigenvalue weighted by atomic mass is 16.7. The van der Waals surface area contributed by atoms with Gasteiger partial charge in [-0.25, -0.2) is 4.79 Å². The number of phenolic OH excluding ortho intramolecular Hbond substituents is 2. The molecular formula is C24H28O11. The number of aliphatic hydroxyl groups is 4. The second-order valence-corrected chi connectivity index (χ2v) is 7.80. The molecule has 0 bridgehead atoms. The van der Waals surface area contributed by atoms with Crippen molar-refractivity contribution < 1.29 is 54.4 Å². The molecule has 2 aromatic rings. The molecule has 1 saturated heterocycles. The Kier molecular flexibility index (Phi) is 8.90. The Hall–Kier alpha value is -3.35. The van der Waals surface area contributed by atoms with Gasteiger partial charge in [0.1, 0.15) is 31.0 Å². The molecule has 2 aromatic carbocycles. The Bertz CT molecular complexity index is 1040. The lowest BCUT2D eigenvalue weighted by Crippen LogP contribution is -2.60. The minimum Gasteiger partial charge on any atom is -0.504 e. The maximum absolute atomic E-state index is 12.1. The summed E-state index contributed by atoms with van der Waals surface area (Å²) in [6.07, 6.45) is -4.76. The standard InChI is InChI=1S/C24H28O11/c1-32-18-11-13(2-5-15(18)26)4-7-20(28)33-12-19-21(29)22(30)23(31)24(35-19)34-17-6-3-14(8-9-25)10-16(17)27/h2-7,10-11,19,21-27,29-31H,8-9,12H2,1H3. The number of esters is 1. The van der Waals surface area contributed by atoms with Crippen molar-refractivity contribution in [2.24, 2.45) is 0 Å². The molecule has 1 heterocycles. The predicted molar refractivity (Wildman–Crippen MR) is 121 cm³/mol. The highest BCUT2D eigenvalue weighted by Crippen LogP contribution is 2.31. The Labute approximate surface area is 201 Å². The van der Waals surface area contributed by atoms with Crippen molar-refractivity contribution >= 4 is 12.0 Å². The van der Waals surface area contributed by atoms with Crippen molar-refractivity contribution in [1.29, 1.82) is 0 Å². The summed E-state index contributed by atoms with van der Waals surface area (Å²) in [7, 11) is 1.39. The van der Waals surface area contributed by atoms with Crippen LogP contribution in [0.1, 0.15) is 11.1 Å². The highest BCUT2D eigenvalue weighted by molar-refractivity contribution is 5.87. The van der Waals surface area contributed by atoms with Crippen LogP contribution in [0.3, 0.4) is 0 Å². The number of rotatable bonds is 9. The van der Waals surface area contributed by atoms with Crippen LogP contribution in [-0.2, 0) is 20.7 Å². The lowest BCUT2D eigenvalue weighted by Gasteiger charge is -2.39. The molecule has 1 aliphatic rings. The average molecular weight is 492 g/mol. The molecule has 11 heteroatoms. The van der Waals surface area contributed by atoms with Gasteiger partial charge in [0.05, 0.1) is 7.11 Å². The first kappa shape index (κ1) is 26.3. The third-order valence-electron chi connectivity index (χ3n) is 5.34. The van der Waals surface area contributed by atoms with Crippen molar-refractivity contribution in [2.45, 2.75) is 37.1 Å². The van der Waals surface area contributed by atoms with Crippen LogP contribution in [0, 0.1) is 0 Å². The van der Waals surface area contributed by atoms with E-state index in [0.29, 0.717) is 17.5 Å². The van der Waals surface area contributed by atoms with E-state index in [-0.39, 0.29) is 29.6 Å². The number of hydrogen-bond donors (Lipinski definition) is 6. The molecule has 0 aliphatic carbocycles. The van der Waals surface area contributed by atoms with Gasteiger partial charge in [-0.05, 0) is 47.9 Å². The van der Waals surface area contributed by atoms with E-state index < -0.39 is 43.3 Å². The summed E-state index contributed by atoms with van der Waals surface area (Å²) in [4.78, 5) is 12.1. The molecule has 6 N–H and O–H groups in total.